The van der Waals surface area contributed by atoms with Gasteiger partial charge in [0, 0.05) is 12.8 Å². The van der Waals surface area contributed by atoms with Gasteiger partial charge in [-0.3, -0.25) is 0 Å². The first-order valence-electron chi connectivity index (χ1n) is 8.01. The Morgan fingerprint density at radius 3 is 2.00 bits per heavy atom. The Morgan fingerprint density at radius 1 is 0.833 bits per heavy atom. The third kappa shape index (κ3) is 10.7. The van der Waals surface area contributed by atoms with E-state index in [2.05, 4.69) is 18.8 Å². The predicted octanol–water partition coefficient (Wildman–Crippen LogP) is 5.09. The van der Waals surface area contributed by atoms with Gasteiger partial charge in [-0.1, -0.05) is 51.9 Å². The van der Waals surface area contributed by atoms with E-state index in [0.29, 0.717) is 6.10 Å². The van der Waals surface area contributed by atoms with Crippen LogP contribution in [0, 0.1) is 11.8 Å². The Hall–Kier alpha value is -0.480. The Balaban J connectivity index is 1.71. The lowest BCUT2D eigenvalue weighted by Crippen LogP contribution is -1.84. The van der Waals surface area contributed by atoms with Gasteiger partial charge in [0.25, 0.3) is 0 Å². The van der Waals surface area contributed by atoms with E-state index in [4.69, 9.17) is 4.74 Å². The molecule has 0 N–H and O–H groups in total. The van der Waals surface area contributed by atoms with Crippen molar-refractivity contribution in [2.24, 2.45) is 0 Å². The second-order valence-electron chi connectivity index (χ2n) is 5.43. The van der Waals surface area contributed by atoms with E-state index in [-0.39, 0.29) is 0 Å². The minimum absolute atomic E-state index is 0.615. The molecule has 1 aliphatic heterocycles. The molecule has 0 aliphatic carbocycles. The summed E-state index contributed by atoms with van der Waals surface area (Å²) in [6, 6.07) is 0. The maximum absolute atomic E-state index is 5.19. The van der Waals surface area contributed by atoms with Crippen molar-refractivity contribution in [3.63, 3.8) is 0 Å². The van der Waals surface area contributed by atoms with Gasteiger partial charge < -0.3 is 4.74 Å². The summed E-state index contributed by atoms with van der Waals surface area (Å²) in [4.78, 5) is 0. The summed E-state index contributed by atoms with van der Waals surface area (Å²) in [5, 5.41) is 0. The van der Waals surface area contributed by atoms with Crippen molar-refractivity contribution in [2.75, 3.05) is 6.61 Å². The first kappa shape index (κ1) is 15.6. The molecule has 0 bridgehead atoms. The molecule has 0 aromatic carbocycles. The number of rotatable bonds is 11. The van der Waals surface area contributed by atoms with Crippen molar-refractivity contribution < 1.29 is 4.74 Å². The third-order valence-electron chi connectivity index (χ3n) is 3.51. The molecule has 0 aromatic rings. The molecule has 0 saturated carbocycles. The van der Waals surface area contributed by atoms with Crippen LogP contribution in [0.4, 0.5) is 0 Å². The van der Waals surface area contributed by atoms with Gasteiger partial charge in [-0.25, -0.2) is 0 Å². The van der Waals surface area contributed by atoms with E-state index in [9.17, 15) is 0 Å². The Kier molecular flexibility index (Phi) is 10.0. The maximum Gasteiger partial charge on any atom is 0.0810 e. The molecule has 1 atom stereocenters. The van der Waals surface area contributed by atoms with Crippen molar-refractivity contribution in [1.29, 1.82) is 0 Å². The average Bonchev–Trinajstić information content (AvgIpc) is 3.19. The fraction of sp³-hybridized carbons (Fsp3) is 0.882. The van der Waals surface area contributed by atoms with Crippen LogP contribution in [0.3, 0.4) is 0 Å². The summed E-state index contributed by atoms with van der Waals surface area (Å²) >= 11 is 0. The normalized spacial score (nSPS) is 17.3. The molecular formula is C17H30O. The lowest BCUT2D eigenvalue weighted by Gasteiger charge is -1.96. The van der Waals surface area contributed by atoms with Crippen LogP contribution >= 0.6 is 0 Å². The van der Waals surface area contributed by atoms with Crippen LogP contribution < -0.4 is 0 Å². The lowest BCUT2D eigenvalue weighted by atomic mass is 10.1. The first-order valence-corrected chi connectivity index (χ1v) is 8.01. The van der Waals surface area contributed by atoms with E-state index in [0.717, 1.165) is 19.4 Å². The van der Waals surface area contributed by atoms with Crippen LogP contribution in [0.2, 0.25) is 0 Å². The van der Waals surface area contributed by atoms with Gasteiger partial charge in [-0.15, -0.1) is 11.8 Å². The first-order chi connectivity index (χ1) is 8.93. The van der Waals surface area contributed by atoms with Gasteiger partial charge in [-0.2, -0.15) is 0 Å². The SMILES string of the molecule is CCCCCCCCC#CCCCCC[C@H]1CO1. The largest absolute Gasteiger partial charge is 0.373 e. The van der Waals surface area contributed by atoms with Gasteiger partial charge in [0.1, 0.15) is 0 Å². The van der Waals surface area contributed by atoms with Gasteiger partial charge in [0.2, 0.25) is 0 Å². The summed E-state index contributed by atoms with van der Waals surface area (Å²) in [7, 11) is 0. The van der Waals surface area contributed by atoms with E-state index < -0.39 is 0 Å². The van der Waals surface area contributed by atoms with Crippen molar-refractivity contribution in [3.8, 4) is 11.8 Å². The molecule has 0 spiro atoms. The molecule has 1 nitrogen and oxygen atoms in total. The standard InChI is InChI=1S/C17H30O/c1-2-3-4-5-6-7-8-9-10-11-12-13-14-15-17-16-18-17/h17H,2-8,11-16H2,1H3/t17-/m0/s1. The Morgan fingerprint density at radius 2 is 1.39 bits per heavy atom. The fourth-order valence-electron chi connectivity index (χ4n) is 2.17. The summed E-state index contributed by atoms with van der Waals surface area (Å²) in [6.07, 6.45) is 16.2. The predicted molar refractivity (Wildman–Crippen MR) is 78.6 cm³/mol. The van der Waals surface area contributed by atoms with Crippen molar-refractivity contribution in [1.82, 2.24) is 0 Å². The molecule has 1 aliphatic rings. The van der Waals surface area contributed by atoms with Crippen LogP contribution in [-0.4, -0.2) is 12.7 Å². The zero-order chi connectivity index (χ0) is 12.9. The van der Waals surface area contributed by atoms with Gasteiger partial charge >= 0.3 is 0 Å². The molecule has 0 aromatic heterocycles. The van der Waals surface area contributed by atoms with Crippen molar-refractivity contribution in [2.45, 2.75) is 90.1 Å². The summed E-state index contributed by atoms with van der Waals surface area (Å²) in [5.74, 6) is 6.62. The number of ether oxygens (including phenoxy) is 1. The molecule has 0 unspecified atom stereocenters. The highest BCUT2D eigenvalue weighted by atomic mass is 16.6. The molecule has 104 valence electrons. The topological polar surface area (TPSA) is 12.5 Å². The molecule has 0 amide bonds. The van der Waals surface area contributed by atoms with E-state index in [1.54, 1.807) is 0 Å². The number of unbranched alkanes of at least 4 members (excludes halogenated alkanes) is 9. The van der Waals surface area contributed by atoms with Crippen LogP contribution in [-0.2, 0) is 4.74 Å². The zero-order valence-electron chi connectivity index (χ0n) is 12.2. The van der Waals surface area contributed by atoms with Crippen LogP contribution in [0.25, 0.3) is 0 Å². The Labute approximate surface area is 114 Å². The second-order valence-corrected chi connectivity index (χ2v) is 5.43. The number of hydrogen-bond acceptors (Lipinski definition) is 1. The van der Waals surface area contributed by atoms with Crippen molar-refractivity contribution >= 4 is 0 Å². The molecule has 1 saturated heterocycles. The number of hydrogen-bond donors (Lipinski definition) is 0. The highest BCUT2D eigenvalue weighted by molar-refractivity contribution is 4.98. The quantitative estimate of drug-likeness (QED) is 0.283. The number of epoxide rings is 1. The highest BCUT2D eigenvalue weighted by Gasteiger charge is 2.20. The maximum atomic E-state index is 5.19. The molecule has 1 heteroatoms. The fourth-order valence-corrected chi connectivity index (χ4v) is 2.17. The van der Waals surface area contributed by atoms with Crippen LogP contribution in [0.15, 0.2) is 0 Å². The molecule has 1 rings (SSSR count). The molecule has 18 heavy (non-hydrogen) atoms. The molecule has 1 fully saturated rings. The highest BCUT2D eigenvalue weighted by Crippen LogP contribution is 2.17. The lowest BCUT2D eigenvalue weighted by molar-refractivity contribution is 0.388. The summed E-state index contributed by atoms with van der Waals surface area (Å²) in [6.45, 7) is 3.28. The smallest absolute Gasteiger partial charge is 0.0810 e. The summed E-state index contributed by atoms with van der Waals surface area (Å²) in [5.41, 5.74) is 0. The van der Waals surface area contributed by atoms with E-state index in [1.807, 2.05) is 0 Å². The van der Waals surface area contributed by atoms with Crippen LogP contribution in [0.5, 0.6) is 0 Å². The van der Waals surface area contributed by atoms with Gasteiger partial charge in [0.05, 0.1) is 12.7 Å². The molecular weight excluding hydrogens is 220 g/mol. The van der Waals surface area contributed by atoms with E-state index >= 15 is 0 Å². The van der Waals surface area contributed by atoms with E-state index in [1.165, 1.54) is 64.2 Å². The molecule has 1 heterocycles. The van der Waals surface area contributed by atoms with Gasteiger partial charge in [-0.05, 0) is 19.3 Å². The minimum atomic E-state index is 0.615. The van der Waals surface area contributed by atoms with Crippen molar-refractivity contribution in [3.05, 3.63) is 0 Å². The average molecular weight is 250 g/mol. The van der Waals surface area contributed by atoms with Crippen LogP contribution in [0.1, 0.15) is 84.0 Å². The van der Waals surface area contributed by atoms with Gasteiger partial charge in [0.15, 0.2) is 0 Å². The zero-order valence-corrected chi connectivity index (χ0v) is 12.2. The minimum Gasteiger partial charge on any atom is -0.373 e. The second kappa shape index (κ2) is 11.6. The monoisotopic (exact) mass is 250 g/mol. The summed E-state index contributed by atoms with van der Waals surface area (Å²) < 4.78 is 5.19. The molecule has 0 radical (unpaired) electrons. The Bertz CT molecular complexity index is 232. The third-order valence-corrected chi connectivity index (χ3v) is 3.51.